The topological polar surface area (TPSA) is 47.1 Å². The molecule has 0 aliphatic carbocycles. The van der Waals surface area contributed by atoms with E-state index >= 15 is 0 Å². The average Bonchev–Trinajstić information content (AvgIpc) is 2.58. The van der Waals surface area contributed by atoms with Crippen LogP contribution in [0.15, 0.2) is 24.3 Å². The molecule has 0 amide bonds. The maximum atomic E-state index is 5.54. The van der Waals surface area contributed by atoms with Crippen LogP contribution in [0.25, 0.3) is 10.9 Å². The molecule has 0 atom stereocenters. The fraction of sp³-hybridized carbons (Fsp3) is 0.364. The Bertz CT molecular complexity index is 461. The molecule has 2 aromatic rings. The van der Waals surface area contributed by atoms with Gasteiger partial charge in [0.25, 0.3) is 0 Å². The molecule has 1 aromatic carbocycles. The summed E-state index contributed by atoms with van der Waals surface area (Å²) in [4.78, 5) is 2.09. The van der Waals surface area contributed by atoms with Crippen LogP contribution < -0.4 is 10.6 Å². The van der Waals surface area contributed by atoms with Crippen molar-refractivity contribution in [2.24, 2.45) is 12.8 Å². The Balaban J connectivity index is 2.52. The molecule has 1 aromatic heterocycles. The molecule has 15 heavy (non-hydrogen) atoms. The van der Waals surface area contributed by atoms with Gasteiger partial charge in [-0.05, 0) is 12.1 Å². The smallest absolute Gasteiger partial charge is 0.158 e. The van der Waals surface area contributed by atoms with Crippen molar-refractivity contribution in [3.05, 3.63) is 24.3 Å². The van der Waals surface area contributed by atoms with Gasteiger partial charge in [0, 0.05) is 32.6 Å². The molecule has 80 valence electrons. The molecule has 4 nitrogen and oxygen atoms in total. The van der Waals surface area contributed by atoms with Crippen LogP contribution in [0.2, 0.25) is 0 Å². The van der Waals surface area contributed by atoms with Gasteiger partial charge in [-0.2, -0.15) is 5.10 Å². The minimum absolute atomic E-state index is 0.640. The Kier molecular flexibility index (Phi) is 2.60. The summed E-state index contributed by atoms with van der Waals surface area (Å²) in [6, 6.07) is 8.22. The molecule has 0 unspecified atom stereocenters. The number of nitrogens with zero attached hydrogens (tertiary/aromatic N) is 3. The molecule has 4 heteroatoms. The molecular formula is C11H16N4. The fourth-order valence-electron chi connectivity index (χ4n) is 1.78. The van der Waals surface area contributed by atoms with Gasteiger partial charge in [-0.3, -0.25) is 4.68 Å². The van der Waals surface area contributed by atoms with Crippen molar-refractivity contribution in [2.45, 2.75) is 0 Å². The van der Waals surface area contributed by atoms with E-state index in [-0.39, 0.29) is 0 Å². The monoisotopic (exact) mass is 204 g/mol. The molecule has 2 rings (SSSR count). The van der Waals surface area contributed by atoms with Crippen LogP contribution in [-0.2, 0) is 7.05 Å². The lowest BCUT2D eigenvalue weighted by atomic mass is 10.2. The lowest BCUT2D eigenvalue weighted by Gasteiger charge is -2.14. The molecule has 0 spiro atoms. The molecule has 0 radical (unpaired) electrons. The van der Waals surface area contributed by atoms with E-state index in [9.17, 15) is 0 Å². The summed E-state index contributed by atoms with van der Waals surface area (Å²) < 4.78 is 1.90. The summed E-state index contributed by atoms with van der Waals surface area (Å²) in [7, 11) is 3.98. The van der Waals surface area contributed by atoms with Crippen molar-refractivity contribution in [1.29, 1.82) is 0 Å². The molecule has 1 heterocycles. The zero-order valence-corrected chi connectivity index (χ0v) is 9.14. The SMILES string of the molecule is CN(CCN)c1nn(C)c2ccccc12. The lowest BCUT2D eigenvalue weighted by Crippen LogP contribution is -2.25. The highest BCUT2D eigenvalue weighted by molar-refractivity contribution is 5.90. The number of fused-ring (bicyclic) bond motifs is 1. The molecular weight excluding hydrogens is 188 g/mol. The Labute approximate surface area is 89.3 Å². The van der Waals surface area contributed by atoms with Crippen molar-refractivity contribution < 1.29 is 0 Å². The first-order chi connectivity index (χ1) is 7.24. The number of aromatic nitrogens is 2. The third kappa shape index (κ3) is 1.68. The molecule has 0 bridgehead atoms. The number of para-hydroxylation sites is 1. The van der Waals surface area contributed by atoms with Crippen molar-refractivity contribution in [3.8, 4) is 0 Å². The molecule has 2 N–H and O–H groups in total. The summed E-state index contributed by atoms with van der Waals surface area (Å²) in [5, 5.41) is 5.67. The van der Waals surface area contributed by atoms with Gasteiger partial charge >= 0.3 is 0 Å². The zero-order valence-electron chi connectivity index (χ0n) is 9.14. The quantitative estimate of drug-likeness (QED) is 0.810. The van der Waals surface area contributed by atoms with Crippen LogP contribution in [-0.4, -0.2) is 29.9 Å². The Hall–Kier alpha value is -1.55. The number of aryl methyl sites for hydroxylation is 1. The average molecular weight is 204 g/mol. The number of hydrogen-bond acceptors (Lipinski definition) is 3. The Morgan fingerprint density at radius 3 is 2.87 bits per heavy atom. The predicted molar refractivity (Wildman–Crippen MR) is 63.0 cm³/mol. The largest absolute Gasteiger partial charge is 0.356 e. The second-order valence-electron chi connectivity index (χ2n) is 3.67. The fourth-order valence-corrected chi connectivity index (χ4v) is 1.78. The number of anilines is 1. The van der Waals surface area contributed by atoms with Crippen molar-refractivity contribution >= 4 is 16.7 Å². The molecule has 0 aliphatic heterocycles. The van der Waals surface area contributed by atoms with Crippen LogP contribution in [0.4, 0.5) is 5.82 Å². The van der Waals surface area contributed by atoms with E-state index in [4.69, 9.17) is 5.73 Å². The van der Waals surface area contributed by atoms with E-state index in [0.29, 0.717) is 6.54 Å². The van der Waals surface area contributed by atoms with Gasteiger partial charge in [-0.1, -0.05) is 12.1 Å². The van der Waals surface area contributed by atoms with Crippen LogP contribution in [0.3, 0.4) is 0 Å². The first-order valence-corrected chi connectivity index (χ1v) is 5.07. The highest BCUT2D eigenvalue weighted by Crippen LogP contribution is 2.23. The van der Waals surface area contributed by atoms with E-state index in [2.05, 4.69) is 22.1 Å². The van der Waals surface area contributed by atoms with Gasteiger partial charge in [0.2, 0.25) is 0 Å². The number of likely N-dealkylation sites (N-methyl/N-ethyl adjacent to an activating group) is 1. The van der Waals surface area contributed by atoms with E-state index < -0.39 is 0 Å². The lowest BCUT2D eigenvalue weighted by molar-refractivity contribution is 0.772. The van der Waals surface area contributed by atoms with Crippen LogP contribution >= 0.6 is 0 Å². The third-order valence-electron chi connectivity index (χ3n) is 2.56. The van der Waals surface area contributed by atoms with Gasteiger partial charge in [-0.15, -0.1) is 0 Å². The van der Waals surface area contributed by atoms with E-state index in [1.54, 1.807) is 0 Å². The zero-order chi connectivity index (χ0) is 10.8. The molecule has 0 aliphatic rings. The summed E-state index contributed by atoms with van der Waals surface area (Å²) in [5.41, 5.74) is 6.69. The summed E-state index contributed by atoms with van der Waals surface area (Å²) in [6.07, 6.45) is 0. The second kappa shape index (κ2) is 3.90. The van der Waals surface area contributed by atoms with E-state index in [1.807, 2.05) is 30.9 Å². The molecule has 0 saturated heterocycles. The number of nitrogens with two attached hydrogens (primary N) is 1. The first kappa shape index (κ1) is 9.98. The van der Waals surface area contributed by atoms with Crippen molar-refractivity contribution in [2.75, 3.05) is 25.0 Å². The predicted octanol–water partition coefficient (Wildman–Crippen LogP) is 0.968. The maximum absolute atomic E-state index is 5.54. The highest BCUT2D eigenvalue weighted by Gasteiger charge is 2.10. The molecule has 0 fully saturated rings. The van der Waals surface area contributed by atoms with Gasteiger partial charge in [-0.25, -0.2) is 0 Å². The summed E-state index contributed by atoms with van der Waals surface area (Å²) in [5.74, 6) is 0.999. The highest BCUT2D eigenvalue weighted by atomic mass is 15.3. The third-order valence-corrected chi connectivity index (χ3v) is 2.56. The van der Waals surface area contributed by atoms with Crippen LogP contribution in [0, 0.1) is 0 Å². The Morgan fingerprint density at radius 1 is 1.40 bits per heavy atom. The minimum atomic E-state index is 0.640. The van der Waals surface area contributed by atoms with E-state index in [1.165, 1.54) is 5.39 Å². The van der Waals surface area contributed by atoms with Crippen LogP contribution in [0.5, 0.6) is 0 Å². The van der Waals surface area contributed by atoms with Gasteiger partial charge in [0.15, 0.2) is 5.82 Å². The van der Waals surface area contributed by atoms with Gasteiger partial charge in [0.1, 0.15) is 0 Å². The summed E-state index contributed by atoms with van der Waals surface area (Å²) >= 11 is 0. The van der Waals surface area contributed by atoms with Gasteiger partial charge < -0.3 is 10.6 Å². The van der Waals surface area contributed by atoms with Crippen molar-refractivity contribution in [1.82, 2.24) is 9.78 Å². The maximum Gasteiger partial charge on any atom is 0.158 e. The molecule has 0 saturated carbocycles. The first-order valence-electron chi connectivity index (χ1n) is 5.07. The normalized spacial score (nSPS) is 10.9. The minimum Gasteiger partial charge on any atom is -0.356 e. The van der Waals surface area contributed by atoms with Gasteiger partial charge in [0.05, 0.1) is 5.52 Å². The standard InChI is InChI=1S/C11H16N4/c1-14(8-7-12)11-9-5-3-4-6-10(9)15(2)13-11/h3-6H,7-8,12H2,1-2H3. The van der Waals surface area contributed by atoms with Crippen molar-refractivity contribution in [3.63, 3.8) is 0 Å². The number of benzene rings is 1. The van der Waals surface area contributed by atoms with Crippen LogP contribution in [0.1, 0.15) is 0 Å². The number of hydrogen-bond donors (Lipinski definition) is 1. The van der Waals surface area contributed by atoms with E-state index in [0.717, 1.165) is 17.9 Å². The number of rotatable bonds is 3. The second-order valence-corrected chi connectivity index (χ2v) is 3.67. The Morgan fingerprint density at radius 2 is 2.13 bits per heavy atom. The summed E-state index contributed by atoms with van der Waals surface area (Å²) in [6.45, 7) is 1.46.